The lowest BCUT2D eigenvalue weighted by molar-refractivity contribution is -0.160. The summed E-state index contributed by atoms with van der Waals surface area (Å²) in [5.74, 6) is 0. The summed E-state index contributed by atoms with van der Waals surface area (Å²) in [6, 6.07) is 12.0. The largest absolute Gasteiger partial charge is 0.374 e. The van der Waals surface area contributed by atoms with Crippen molar-refractivity contribution in [2.45, 2.75) is 69.2 Å². The van der Waals surface area contributed by atoms with Gasteiger partial charge in [0, 0.05) is 13.2 Å². The van der Waals surface area contributed by atoms with Gasteiger partial charge in [-0.2, -0.15) is 0 Å². The second-order valence-corrected chi connectivity index (χ2v) is 7.00. The van der Waals surface area contributed by atoms with E-state index in [1.54, 1.807) is 7.11 Å². The normalized spacial score (nSPS) is 36.8. The molecule has 1 aromatic rings. The lowest BCUT2D eigenvalue weighted by atomic mass is 9.95. The molecule has 0 aromatic heterocycles. The first-order valence-corrected chi connectivity index (χ1v) is 8.96. The Bertz CT molecular complexity index is 503. The van der Waals surface area contributed by atoms with Gasteiger partial charge in [0.2, 0.25) is 0 Å². The van der Waals surface area contributed by atoms with Gasteiger partial charge in [0.25, 0.3) is 0 Å². The summed E-state index contributed by atoms with van der Waals surface area (Å²) in [5, 5.41) is 0. The predicted octanol–water partition coefficient (Wildman–Crippen LogP) is 2.96. The summed E-state index contributed by atoms with van der Waals surface area (Å²) in [6.07, 6.45) is 6.88. The molecule has 2 saturated heterocycles. The topological polar surface area (TPSA) is 30.7 Å². The van der Waals surface area contributed by atoms with Gasteiger partial charge in [-0.3, -0.25) is 4.90 Å². The summed E-state index contributed by atoms with van der Waals surface area (Å²) in [5.41, 5.74) is 1.21. The molecule has 1 aliphatic carbocycles. The molecule has 0 bridgehead atoms. The number of benzene rings is 1. The average molecular weight is 317 g/mol. The maximum atomic E-state index is 6.04. The van der Waals surface area contributed by atoms with Gasteiger partial charge in [0.1, 0.15) is 6.10 Å². The average Bonchev–Trinajstić information content (AvgIpc) is 3.25. The number of morpholine rings is 1. The third kappa shape index (κ3) is 3.18. The Morgan fingerprint density at radius 2 is 1.87 bits per heavy atom. The Morgan fingerprint density at radius 3 is 2.61 bits per heavy atom. The van der Waals surface area contributed by atoms with Crippen molar-refractivity contribution in [3.05, 3.63) is 35.9 Å². The number of hydrogen-bond donors (Lipinski definition) is 0. The standard InChI is InChI=1S/C19H27NO3/c1-21-19-18-17(20(18)15-10-6-3-7-11-15)16(23-19)13-22-12-14-8-4-2-5-9-14/h2,4-5,8-9,15-19H,3,6-7,10-13H2,1H3/t16-,17-,18-,19+,20?/m1/s1. The number of methoxy groups -OCH3 is 1. The zero-order chi connectivity index (χ0) is 15.6. The van der Waals surface area contributed by atoms with Gasteiger partial charge >= 0.3 is 0 Å². The van der Waals surface area contributed by atoms with Crippen molar-refractivity contribution >= 4 is 0 Å². The predicted molar refractivity (Wildman–Crippen MR) is 88.1 cm³/mol. The number of fused-ring (bicyclic) bond motifs is 1. The lowest BCUT2D eigenvalue weighted by Gasteiger charge is -2.29. The summed E-state index contributed by atoms with van der Waals surface area (Å²) < 4.78 is 17.5. The van der Waals surface area contributed by atoms with E-state index in [9.17, 15) is 0 Å². The molecule has 3 aliphatic rings. The van der Waals surface area contributed by atoms with E-state index in [1.165, 1.54) is 37.7 Å². The third-order valence-electron chi connectivity index (χ3n) is 5.54. The first kappa shape index (κ1) is 15.6. The van der Waals surface area contributed by atoms with Crippen LogP contribution in [0.25, 0.3) is 0 Å². The van der Waals surface area contributed by atoms with Gasteiger partial charge in [-0.1, -0.05) is 49.6 Å². The highest BCUT2D eigenvalue weighted by molar-refractivity contribution is 5.16. The zero-order valence-electron chi connectivity index (χ0n) is 13.9. The minimum atomic E-state index is -0.0766. The van der Waals surface area contributed by atoms with Crippen LogP contribution in [-0.2, 0) is 20.8 Å². The number of rotatable bonds is 6. The van der Waals surface area contributed by atoms with Crippen molar-refractivity contribution < 1.29 is 14.2 Å². The van der Waals surface area contributed by atoms with Gasteiger partial charge in [0.05, 0.1) is 25.3 Å². The van der Waals surface area contributed by atoms with Gasteiger partial charge in [-0.25, -0.2) is 0 Å². The van der Waals surface area contributed by atoms with Crippen molar-refractivity contribution in [2.75, 3.05) is 13.7 Å². The van der Waals surface area contributed by atoms with Gasteiger partial charge in [-0.05, 0) is 18.4 Å². The Hall–Kier alpha value is -0.940. The Labute approximate surface area is 138 Å². The first-order valence-electron chi connectivity index (χ1n) is 8.96. The minimum Gasteiger partial charge on any atom is -0.374 e. The summed E-state index contributed by atoms with van der Waals surface area (Å²) in [4.78, 5) is 2.65. The first-order chi connectivity index (χ1) is 11.4. The van der Waals surface area contributed by atoms with Crippen LogP contribution in [0.15, 0.2) is 30.3 Å². The van der Waals surface area contributed by atoms with Crippen LogP contribution in [0.2, 0.25) is 0 Å². The summed E-state index contributed by atoms with van der Waals surface area (Å²) in [6.45, 7) is 1.30. The van der Waals surface area contributed by atoms with E-state index in [0.717, 1.165) is 6.04 Å². The Balaban J connectivity index is 1.32. The van der Waals surface area contributed by atoms with E-state index in [0.29, 0.717) is 25.3 Å². The van der Waals surface area contributed by atoms with E-state index >= 15 is 0 Å². The van der Waals surface area contributed by atoms with Gasteiger partial charge in [-0.15, -0.1) is 0 Å². The quantitative estimate of drug-likeness (QED) is 0.755. The molecule has 0 radical (unpaired) electrons. The molecular weight excluding hydrogens is 290 g/mol. The third-order valence-corrected chi connectivity index (χ3v) is 5.54. The second kappa shape index (κ2) is 6.89. The van der Waals surface area contributed by atoms with E-state index in [-0.39, 0.29) is 12.4 Å². The molecule has 0 spiro atoms. The maximum absolute atomic E-state index is 6.04. The van der Waals surface area contributed by atoms with E-state index in [2.05, 4.69) is 17.0 Å². The highest BCUT2D eigenvalue weighted by Crippen LogP contribution is 2.47. The van der Waals surface area contributed by atoms with E-state index in [4.69, 9.17) is 14.2 Å². The fourth-order valence-electron chi connectivity index (χ4n) is 4.40. The Morgan fingerprint density at radius 1 is 1.09 bits per heavy atom. The molecule has 4 rings (SSSR count). The molecule has 4 heteroatoms. The van der Waals surface area contributed by atoms with Crippen molar-refractivity contribution in [2.24, 2.45) is 0 Å². The van der Waals surface area contributed by atoms with Crippen LogP contribution in [-0.4, -0.2) is 49.1 Å². The molecule has 2 heterocycles. The van der Waals surface area contributed by atoms with Crippen LogP contribution in [0.1, 0.15) is 37.7 Å². The van der Waals surface area contributed by atoms with Crippen LogP contribution in [0.3, 0.4) is 0 Å². The molecule has 4 nitrogen and oxygen atoms in total. The molecular formula is C19H27NO3. The molecule has 0 N–H and O–H groups in total. The highest BCUT2D eigenvalue weighted by atomic mass is 16.7. The van der Waals surface area contributed by atoms with Gasteiger partial charge in [0.15, 0.2) is 6.29 Å². The van der Waals surface area contributed by atoms with Gasteiger partial charge < -0.3 is 14.2 Å². The molecule has 1 saturated carbocycles. The summed E-state index contributed by atoms with van der Waals surface area (Å²) >= 11 is 0. The highest BCUT2D eigenvalue weighted by Gasteiger charge is 2.64. The summed E-state index contributed by atoms with van der Waals surface area (Å²) in [7, 11) is 1.76. The lowest BCUT2D eigenvalue weighted by Crippen LogP contribution is -2.36. The van der Waals surface area contributed by atoms with Crippen molar-refractivity contribution in [3.63, 3.8) is 0 Å². The van der Waals surface area contributed by atoms with E-state index in [1.807, 2.05) is 18.2 Å². The van der Waals surface area contributed by atoms with Crippen LogP contribution >= 0.6 is 0 Å². The van der Waals surface area contributed by atoms with Crippen molar-refractivity contribution in [1.82, 2.24) is 4.90 Å². The molecule has 2 aliphatic heterocycles. The molecule has 0 amide bonds. The number of nitrogens with zero attached hydrogens (tertiary/aromatic N) is 1. The fourth-order valence-corrected chi connectivity index (χ4v) is 4.40. The molecule has 5 atom stereocenters. The fraction of sp³-hybridized carbons (Fsp3) is 0.684. The number of hydrogen-bond acceptors (Lipinski definition) is 4. The SMILES string of the molecule is CO[C@H]1O[C@H](COCc2ccccc2)[C@@H]2[C@H]1N2C1CCCCC1. The molecule has 3 fully saturated rings. The second-order valence-electron chi connectivity index (χ2n) is 7.00. The van der Waals surface area contributed by atoms with Crippen LogP contribution < -0.4 is 0 Å². The van der Waals surface area contributed by atoms with Crippen LogP contribution in [0, 0.1) is 0 Å². The van der Waals surface area contributed by atoms with Crippen molar-refractivity contribution in [3.8, 4) is 0 Å². The smallest absolute Gasteiger partial charge is 0.174 e. The minimum absolute atomic E-state index is 0.0766. The van der Waals surface area contributed by atoms with Crippen LogP contribution in [0.5, 0.6) is 0 Å². The molecule has 23 heavy (non-hydrogen) atoms. The molecule has 1 aromatic carbocycles. The van der Waals surface area contributed by atoms with Crippen LogP contribution in [0.4, 0.5) is 0 Å². The zero-order valence-corrected chi connectivity index (χ0v) is 13.9. The van der Waals surface area contributed by atoms with E-state index < -0.39 is 0 Å². The molecule has 126 valence electrons. The monoisotopic (exact) mass is 317 g/mol. The Kier molecular flexibility index (Phi) is 4.67. The molecule has 1 unspecified atom stereocenters. The van der Waals surface area contributed by atoms with Crippen molar-refractivity contribution in [1.29, 1.82) is 0 Å². The number of ether oxygens (including phenoxy) is 3. The maximum Gasteiger partial charge on any atom is 0.174 e.